The van der Waals surface area contributed by atoms with Crippen LogP contribution in [0.5, 0.6) is 0 Å². The van der Waals surface area contributed by atoms with Gasteiger partial charge in [-0.2, -0.15) is 0 Å². The van der Waals surface area contributed by atoms with Crippen LogP contribution in [-0.2, 0) is 4.74 Å². The first-order valence-corrected chi connectivity index (χ1v) is 9.93. The summed E-state index contributed by atoms with van der Waals surface area (Å²) in [4.78, 5) is 12.8. The van der Waals surface area contributed by atoms with Crippen LogP contribution >= 0.6 is 15.9 Å². The van der Waals surface area contributed by atoms with Crippen LogP contribution in [0, 0.1) is 5.41 Å². The van der Waals surface area contributed by atoms with Crippen molar-refractivity contribution in [2.45, 2.75) is 26.1 Å². The summed E-state index contributed by atoms with van der Waals surface area (Å²) in [7, 11) is 0. The second kappa shape index (κ2) is 8.72. The highest BCUT2D eigenvalue weighted by molar-refractivity contribution is 9.10. The van der Waals surface area contributed by atoms with Gasteiger partial charge in [-0.1, -0.05) is 90.4 Å². The molecule has 0 saturated carbocycles. The van der Waals surface area contributed by atoms with Gasteiger partial charge in [0.1, 0.15) is 6.10 Å². The van der Waals surface area contributed by atoms with E-state index in [0.717, 1.165) is 15.6 Å². The third-order valence-corrected chi connectivity index (χ3v) is 5.43. The topological polar surface area (TPSA) is 46.5 Å². The van der Waals surface area contributed by atoms with Crippen LogP contribution in [0.3, 0.4) is 0 Å². The van der Waals surface area contributed by atoms with Gasteiger partial charge in [0.25, 0.3) is 0 Å². The molecule has 3 aromatic rings. The van der Waals surface area contributed by atoms with Gasteiger partial charge in [0.05, 0.1) is 11.7 Å². The molecule has 0 unspecified atom stereocenters. The number of aliphatic hydroxyl groups is 1. The lowest BCUT2D eigenvalue weighted by Gasteiger charge is -2.38. The Morgan fingerprint density at radius 1 is 0.857 bits per heavy atom. The Kier molecular flexibility index (Phi) is 6.32. The maximum atomic E-state index is 12.8. The Labute approximate surface area is 174 Å². The third kappa shape index (κ3) is 4.51. The molecule has 0 aliphatic heterocycles. The summed E-state index contributed by atoms with van der Waals surface area (Å²) < 4.78 is 6.89. The summed E-state index contributed by atoms with van der Waals surface area (Å²) in [6, 6.07) is 26.0. The lowest BCUT2D eigenvalue weighted by molar-refractivity contribution is -0.0661. The number of ether oxygens (including phenoxy) is 1. The summed E-state index contributed by atoms with van der Waals surface area (Å²) in [6.45, 7) is 3.82. The molecule has 0 aromatic heterocycles. The molecule has 0 heterocycles. The lowest BCUT2D eigenvalue weighted by atomic mass is 9.75. The van der Waals surface area contributed by atoms with Crippen molar-refractivity contribution in [2.24, 2.45) is 5.41 Å². The lowest BCUT2D eigenvalue weighted by Crippen LogP contribution is -2.33. The van der Waals surface area contributed by atoms with Gasteiger partial charge in [-0.25, -0.2) is 4.79 Å². The zero-order chi connectivity index (χ0) is 20.1. The molecule has 3 aromatic carbocycles. The molecule has 1 N–H and O–H groups in total. The van der Waals surface area contributed by atoms with E-state index in [1.807, 2.05) is 74.5 Å². The van der Waals surface area contributed by atoms with Crippen molar-refractivity contribution in [3.8, 4) is 0 Å². The van der Waals surface area contributed by atoms with Crippen molar-refractivity contribution in [2.75, 3.05) is 0 Å². The molecule has 0 aliphatic rings. The number of halogens is 1. The monoisotopic (exact) mass is 438 g/mol. The predicted octanol–water partition coefficient (Wildman–Crippen LogP) is 6.11. The van der Waals surface area contributed by atoms with Crippen molar-refractivity contribution < 1.29 is 14.6 Å². The van der Waals surface area contributed by atoms with E-state index in [9.17, 15) is 9.90 Å². The van der Waals surface area contributed by atoms with Crippen molar-refractivity contribution in [3.05, 3.63) is 106 Å². The first-order valence-electron chi connectivity index (χ1n) is 9.14. The van der Waals surface area contributed by atoms with Gasteiger partial charge in [-0.05, 0) is 35.4 Å². The van der Waals surface area contributed by atoms with Crippen LogP contribution in [0.1, 0.15) is 47.5 Å². The van der Waals surface area contributed by atoms with E-state index in [1.165, 1.54) is 0 Å². The first kappa shape index (κ1) is 20.3. The number of benzene rings is 3. The number of rotatable bonds is 6. The highest BCUT2D eigenvalue weighted by Gasteiger charge is 2.41. The smallest absolute Gasteiger partial charge is 0.338 e. The maximum Gasteiger partial charge on any atom is 0.338 e. The summed E-state index contributed by atoms with van der Waals surface area (Å²) in [5, 5.41) is 11.1. The molecule has 2 atom stereocenters. The molecular weight excluding hydrogens is 416 g/mol. The van der Waals surface area contributed by atoms with E-state index in [0.29, 0.717) is 5.56 Å². The fourth-order valence-corrected chi connectivity index (χ4v) is 3.51. The summed E-state index contributed by atoms with van der Waals surface area (Å²) in [5.41, 5.74) is 1.33. The molecule has 0 fully saturated rings. The van der Waals surface area contributed by atoms with Gasteiger partial charge in [0.2, 0.25) is 0 Å². The van der Waals surface area contributed by atoms with Crippen molar-refractivity contribution in [1.82, 2.24) is 0 Å². The Bertz CT molecular complexity index is 906. The predicted molar refractivity (Wildman–Crippen MR) is 114 cm³/mol. The summed E-state index contributed by atoms with van der Waals surface area (Å²) >= 11 is 3.44. The number of carbonyl (C=O) groups excluding carboxylic acids is 1. The van der Waals surface area contributed by atoms with Crippen molar-refractivity contribution in [3.63, 3.8) is 0 Å². The summed E-state index contributed by atoms with van der Waals surface area (Å²) in [6.07, 6.45) is -1.45. The fraction of sp³-hybridized carbons (Fsp3) is 0.208. The average Bonchev–Trinajstić information content (AvgIpc) is 2.73. The molecule has 28 heavy (non-hydrogen) atoms. The fourth-order valence-electron chi connectivity index (χ4n) is 3.24. The molecule has 0 spiro atoms. The van der Waals surface area contributed by atoms with E-state index in [-0.39, 0.29) is 0 Å². The Morgan fingerprint density at radius 3 is 1.96 bits per heavy atom. The van der Waals surface area contributed by atoms with Gasteiger partial charge in [-0.15, -0.1) is 0 Å². The Balaban J connectivity index is 1.97. The molecule has 0 amide bonds. The Morgan fingerprint density at radius 2 is 1.39 bits per heavy atom. The quantitative estimate of drug-likeness (QED) is 0.472. The Hall–Kier alpha value is -2.43. The van der Waals surface area contributed by atoms with E-state index < -0.39 is 23.6 Å². The zero-order valence-electron chi connectivity index (χ0n) is 15.9. The van der Waals surface area contributed by atoms with Crippen LogP contribution in [0.25, 0.3) is 0 Å². The molecule has 3 nitrogen and oxygen atoms in total. The molecule has 4 heteroatoms. The standard InChI is InChI=1S/C24H23BrO3/c1-24(2,21(26)17-9-5-3-6-10-17)22(18-13-15-20(25)16-14-18)28-23(27)19-11-7-4-8-12-19/h3-16,21-22,26H,1-2H3/t21-,22-/m0/s1. The minimum absolute atomic E-state index is 0.415. The van der Waals surface area contributed by atoms with E-state index in [2.05, 4.69) is 15.9 Å². The third-order valence-electron chi connectivity index (χ3n) is 4.90. The number of aliphatic hydroxyl groups excluding tert-OH is 1. The molecule has 0 saturated heterocycles. The molecule has 0 radical (unpaired) electrons. The molecule has 3 rings (SSSR count). The second-order valence-electron chi connectivity index (χ2n) is 7.34. The normalized spacial score (nSPS) is 13.6. The van der Waals surface area contributed by atoms with Crippen LogP contribution < -0.4 is 0 Å². The molecule has 144 valence electrons. The van der Waals surface area contributed by atoms with Crippen LogP contribution in [0.4, 0.5) is 0 Å². The average molecular weight is 439 g/mol. The van der Waals surface area contributed by atoms with Gasteiger partial charge in [0.15, 0.2) is 0 Å². The van der Waals surface area contributed by atoms with E-state index >= 15 is 0 Å². The van der Waals surface area contributed by atoms with Gasteiger partial charge >= 0.3 is 5.97 Å². The van der Waals surface area contributed by atoms with Crippen LogP contribution in [0.2, 0.25) is 0 Å². The van der Waals surface area contributed by atoms with Gasteiger partial charge < -0.3 is 9.84 Å². The molecule has 0 aliphatic carbocycles. The second-order valence-corrected chi connectivity index (χ2v) is 8.25. The van der Waals surface area contributed by atoms with Gasteiger partial charge in [0, 0.05) is 9.89 Å². The van der Waals surface area contributed by atoms with Crippen LogP contribution in [-0.4, -0.2) is 11.1 Å². The van der Waals surface area contributed by atoms with E-state index in [4.69, 9.17) is 4.74 Å². The zero-order valence-corrected chi connectivity index (χ0v) is 17.5. The minimum atomic E-state index is -0.814. The molecular formula is C24H23BrO3. The number of esters is 1. The van der Waals surface area contributed by atoms with Crippen molar-refractivity contribution in [1.29, 1.82) is 0 Å². The number of carbonyl (C=O) groups is 1. The number of hydrogen-bond acceptors (Lipinski definition) is 3. The highest BCUT2D eigenvalue weighted by atomic mass is 79.9. The minimum Gasteiger partial charge on any atom is -0.453 e. The first-order chi connectivity index (χ1) is 13.4. The summed E-state index contributed by atoms with van der Waals surface area (Å²) in [5.74, 6) is -0.415. The van der Waals surface area contributed by atoms with Crippen LogP contribution in [0.15, 0.2) is 89.4 Å². The molecule has 0 bridgehead atoms. The highest BCUT2D eigenvalue weighted by Crippen LogP contribution is 2.46. The van der Waals surface area contributed by atoms with Crippen molar-refractivity contribution >= 4 is 21.9 Å². The SMILES string of the molecule is CC(C)([C@@H](O)c1ccccc1)[C@@H](OC(=O)c1ccccc1)c1ccc(Br)cc1. The van der Waals surface area contributed by atoms with Gasteiger partial charge in [-0.3, -0.25) is 0 Å². The van der Waals surface area contributed by atoms with E-state index in [1.54, 1.807) is 24.3 Å². The number of hydrogen-bond donors (Lipinski definition) is 1. The maximum absolute atomic E-state index is 12.8. The largest absolute Gasteiger partial charge is 0.453 e.